The molecular weight excluding hydrogens is 140 g/mol. The molecule has 0 unspecified atom stereocenters. The highest BCUT2D eigenvalue weighted by molar-refractivity contribution is 4.05. The van der Waals surface area contributed by atoms with E-state index < -0.39 is 0 Å². The zero-order valence-corrected chi connectivity index (χ0v) is 4.79. The minimum Gasteiger partial charge on any atom is -0.303 e. The molecule has 54 valence electrons. The van der Waals surface area contributed by atoms with Crippen LogP contribution >= 0.6 is 0 Å². The zero-order chi connectivity index (χ0) is 7.66. The van der Waals surface area contributed by atoms with Gasteiger partial charge in [-0.2, -0.15) is 0 Å². The molecule has 0 rings (SSSR count). The van der Waals surface area contributed by atoms with Gasteiger partial charge >= 0.3 is 0 Å². The largest absolute Gasteiger partial charge is 0.303 e. The fraction of sp³-hybridized carbons (Fsp3) is 0. The van der Waals surface area contributed by atoms with E-state index in [4.69, 9.17) is 0 Å². The van der Waals surface area contributed by atoms with Crippen LogP contribution in [0.2, 0.25) is 0 Å². The lowest BCUT2D eigenvalue weighted by Crippen LogP contribution is -2.73. The Hall–Kier alpha value is -2.00. The minimum atomic E-state index is 1.84. The SMILES string of the molecule is NN=NN=NN=NN=[NH+]N. The van der Waals surface area contributed by atoms with Gasteiger partial charge in [-0.3, -0.25) is 5.84 Å². The number of nitrogens with one attached hydrogen (secondary N) is 1. The summed E-state index contributed by atoms with van der Waals surface area (Å²) in [6.45, 7) is 0. The third-order valence-corrected chi connectivity index (χ3v) is 0.314. The van der Waals surface area contributed by atoms with E-state index in [1.54, 1.807) is 0 Å². The summed E-state index contributed by atoms with van der Waals surface area (Å²) in [6, 6.07) is 0. The van der Waals surface area contributed by atoms with Crippen LogP contribution in [-0.2, 0) is 0 Å². The van der Waals surface area contributed by atoms with Crippen LogP contribution < -0.4 is 16.9 Å². The van der Waals surface area contributed by atoms with E-state index in [0.717, 1.165) is 0 Å². The Labute approximate surface area is 54.7 Å². The summed E-state index contributed by atoms with van der Waals surface area (Å²) in [5.74, 6) is 9.21. The fourth-order valence-corrected chi connectivity index (χ4v) is 0.123. The van der Waals surface area contributed by atoms with Crippen molar-refractivity contribution >= 4 is 0 Å². The van der Waals surface area contributed by atoms with E-state index in [0.29, 0.717) is 0 Å². The van der Waals surface area contributed by atoms with Crippen LogP contribution in [0.5, 0.6) is 0 Å². The van der Waals surface area contributed by atoms with Crippen molar-refractivity contribution in [3.8, 4) is 0 Å². The van der Waals surface area contributed by atoms with Crippen LogP contribution in [0.1, 0.15) is 0 Å². The van der Waals surface area contributed by atoms with Crippen molar-refractivity contribution in [1.29, 1.82) is 0 Å². The first kappa shape index (κ1) is 8.00. The molecular formula is H5N10+. The molecule has 0 radical (unpaired) electrons. The molecule has 0 aliphatic carbocycles. The second kappa shape index (κ2) is 7.00. The van der Waals surface area contributed by atoms with Crippen molar-refractivity contribution in [3.05, 3.63) is 0 Å². The Morgan fingerprint density at radius 3 is 2.10 bits per heavy atom. The Morgan fingerprint density at radius 2 is 1.50 bits per heavy atom. The summed E-state index contributed by atoms with van der Waals surface area (Å²) in [5, 5.41) is 22.3. The van der Waals surface area contributed by atoms with E-state index in [1.807, 2.05) is 5.22 Å². The molecule has 0 atom stereocenters. The Kier molecular flexibility index (Phi) is 5.60. The highest BCUT2D eigenvalue weighted by Crippen LogP contribution is 1.79. The van der Waals surface area contributed by atoms with Crippen LogP contribution in [0, 0.1) is 0 Å². The maximum atomic E-state index is 4.66. The quantitative estimate of drug-likeness (QED) is 0.248. The second-order valence-electron chi connectivity index (χ2n) is 0.792. The van der Waals surface area contributed by atoms with Crippen molar-refractivity contribution in [1.82, 2.24) is 0 Å². The van der Waals surface area contributed by atoms with E-state index in [9.17, 15) is 0 Å². The number of hydrazine groups is 1. The van der Waals surface area contributed by atoms with Crippen molar-refractivity contribution in [2.75, 3.05) is 0 Å². The van der Waals surface area contributed by atoms with E-state index >= 15 is 0 Å². The van der Waals surface area contributed by atoms with Crippen LogP contribution in [-0.4, -0.2) is 0 Å². The number of nitrogens with two attached hydrogens (primary N) is 2. The summed E-state index contributed by atoms with van der Waals surface area (Å²) < 4.78 is 0. The molecule has 0 aliphatic heterocycles. The molecule has 0 aromatic heterocycles. The van der Waals surface area contributed by atoms with Gasteiger partial charge in [-0.25, -0.2) is 0 Å². The molecule has 10 heteroatoms. The van der Waals surface area contributed by atoms with Gasteiger partial charge in [0, 0.05) is 10.4 Å². The number of hydrogen-bond donors (Lipinski definition) is 3. The first-order valence-electron chi connectivity index (χ1n) is 1.97. The molecule has 0 aliphatic rings. The van der Waals surface area contributed by atoms with Crippen molar-refractivity contribution < 1.29 is 5.22 Å². The smallest absolute Gasteiger partial charge is 0.228 e. The van der Waals surface area contributed by atoms with E-state index in [1.165, 1.54) is 0 Å². The van der Waals surface area contributed by atoms with Gasteiger partial charge in [-0.1, -0.05) is 10.4 Å². The van der Waals surface area contributed by atoms with Gasteiger partial charge in [-0.05, 0) is 5.22 Å². The third-order valence-electron chi connectivity index (χ3n) is 0.314. The van der Waals surface area contributed by atoms with Gasteiger partial charge < -0.3 is 5.84 Å². The standard InChI is InChI=1S/H4N10/c1-3-5-7-9-10-8-6-4-2/h(H2,1,4,5,8,9)(H2,2,3,6,7,10)/p+1. The predicted octanol–water partition coefficient (Wildman–Crippen LogP) is -1.63. The molecule has 0 bridgehead atoms. The maximum absolute atomic E-state index is 4.66. The normalized spacial score (nSPS) is 13.2. The highest BCUT2D eigenvalue weighted by atomic mass is 15.7. The molecule has 0 saturated heterocycles. The van der Waals surface area contributed by atoms with Crippen molar-refractivity contribution in [2.24, 2.45) is 48.2 Å². The molecule has 0 fully saturated rings. The van der Waals surface area contributed by atoms with Gasteiger partial charge in [0.25, 0.3) is 0 Å². The van der Waals surface area contributed by atoms with Gasteiger partial charge in [0.05, 0.1) is 0 Å². The average molecular weight is 145 g/mol. The lowest BCUT2D eigenvalue weighted by Gasteiger charge is -1.62. The summed E-state index contributed by atoms with van der Waals surface area (Å²) in [5.41, 5.74) is 0. The highest BCUT2D eigenvalue weighted by Gasteiger charge is 1.74. The summed E-state index contributed by atoms with van der Waals surface area (Å²) in [7, 11) is 0. The van der Waals surface area contributed by atoms with Crippen LogP contribution in [0.4, 0.5) is 0 Å². The van der Waals surface area contributed by atoms with E-state index in [-0.39, 0.29) is 0 Å². The summed E-state index contributed by atoms with van der Waals surface area (Å²) in [4.78, 5) is 0. The van der Waals surface area contributed by atoms with Crippen LogP contribution in [0.15, 0.2) is 36.6 Å². The van der Waals surface area contributed by atoms with Crippen LogP contribution in [0.3, 0.4) is 0 Å². The molecule has 10 heavy (non-hydrogen) atoms. The molecule has 0 amide bonds. The second-order valence-corrected chi connectivity index (χ2v) is 0.792. The molecule has 0 aromatic rings. The Bertz CT molecular complexity index is 137. The van der Waals surface area contributed by atoms with Gasteiger partial charge in [0.15, 0.2) is 5.22 Å². The summed E-state index contributed by atoms with van der Waals surface area (Å²) in [6.07, 6.45) is 0. The first-order chi connectivity index (χ1) is 4.91. The molecule has 0 aromatic carbocycles. The summed E-state index contributed by atoms with van der Waals surface area (Å²) >= 11 is 0. The number of hydrogen-bond acceptors (Lipinski definition) is 1. The van der Waals surface area contributed by atoms with Gasteiger partial charge in [0.2, 0.25) is 5.22 Å². The Balaban J connectivity index is 3.51. The monoisotopic (exact) mass is 145 g/mol. The first-order valence-corrected chi connectivity index (χ1v) is 1.97. The fourth-order valence-electron chi connectivity index (χ4n) is 0.123. The zero-order valence-electron chi connectivity index (χ0n) is 4.79. The number of nitrogens with zero attached hydrogens (tertiary/aromatic N) is 7. The van der Waals surface area contributed by atoms with Gasteiger partial charge in [-0.15, -0.1) is 0 Å². The molecule has 0 heterocycles. The Morgan fingerprint density at radius 1 is 0.900 bits per heavy atom. The topological polar surface area (TPSA) is 153 Å². The molecule has 0 spiro atoms. The van der Waals surface area contributed by atoms with Crippen LogP contribution in [0.25, 0.3) is 0 Å². The maximum Gasteiger partial charge on any atom is 0.228 e. The average Bonchev–Trinajstić information content (AvgIpc) is 1.97. The lowest BCUT2D eigenvalue weighted by atomic mass is 12.4. The molecule has 10 nitrogen and oxygen atoms in total. The minimum absolute atomic E-state index is 1.84. The van der Waals surface area contributed by atoms with Crippen molar-refractivity contribution in [3.63, 3.8) is 0 Å². The molecule has 5 N–H and O–H groups in total. The van der Waals surface area contributed by atoms with Gasteiger partial charge in [0.1, 0.15) is 5.22 Å². The molecule has 0 saturated carbocycles. The lowest BCUT2D eigenvalue weighted by molar-refractivity contribution is -0.547. The predicted molar refractivity (Wildman–Crippen MR) is 26.3 cm³/mol. The van der Waals surface area contributed by atoms with Crippen molar-refractivity contribution in [2.45, 2.75) is 0 Å². The van der Waals surface area contributed by atoms with E-state index in [2.05, 4.69) is 48.2 Å². The number of rotatable bonds is 3. The third kappa shape index (κ3) is 6.00.